The number of anilines is 2. The van der Waals surface area contributed by atoms with Gasteiger partial charge in [0.2, 0.25) is 5.91 Å². The number of hydrogen-bond donors (Lipinski definition) is 5. The van der Waals surface area contributed by atoms with Gasteiger partial charge in [0.05, 0.1) is 5.56 Å². The van der Waals surface area contributed by atoms with Crippen molar-refractivity contribution in [2.45, 2.75) is 6.42 Å². The maximum atomic E-state index is 12.6. The number of nitrogens with one attached hydrogen (secondary N) is 4. The fraction of sp³-hybridized carbons (Fsp3) is 0.118. The van der Waals surface area contributed by atoms with E-state index in [2.05, 4.69) is 26.1 Å². The quantitative estimate of drug-likeness (QED) is 0.412. The van der Waals surface area contributed by atoms with Gasteiger partial charge >= 0.3 is 11.7 Å². The van der Waals surface area contributed by atoms with Crippen molar-refractivity contribution in [1.82, 2.24) is 19.9 Å². The van der Waals surface area contributed by atoms with E-state index in [-0.39, 0.29) is 24.2 Å². The summed E-state index contributed by atoms with van der Waals surface area (Å²) in [6.45, 7) is 0.116. The smallest absolute Gasteiger partial charge is 0.347 e. The van der Waals surface area contributed by atoms with E-state index in [1.165, 1.54) is 10.6 Å². The lowest BCUT2D eigenvalue weighted by molar-refractivity contribution is -0.117. The number of benzene rings is 1. The molecule has 0 atom stereocenters. The Labute approximate surface area is 157 Å². The van der Waals surface area contributed by atoms with Crippen molar-refractivity contribution < 1.29 is 14.4 Å². The van der Waals surface area contributed by atoms with Crippen molar-refractivity contribution in [3.05, 3.63) is 58.6 Å². The molecular weight excluding hydrogens is 366 g/mol. The van der Waals surface area contributed by atoms with Gasteiger partial charge in [0.25, 0.3) is 5.91 Å². The molecule has 0 saturated carbocycles. The fourth-order valence-corrected chi connectivity index (χ4v) is 2.46. The predicted molar refractivity (Wildman–Crippen MR) is 101 cm³/mol. The lowest BCUT2D eigenvalue weighted by atomic mass is 10.2. The summed E-state index contributed by atoms with van der Waals surface area (Å²) >= 11 is 0. The van der Waals surface area contributed by atoms with Crippen LogP contribution in [0.5, 0.6) is 0 Å². The minimum atomic E-state index is -0.515. The van der Waals surface area contributed by atoms with E-state index in [1.54, 1.807) is 36.4 Å². The first-order chi connectivity index (χ1) is 13.4. The Hall–Kier alpha value is -4.15. The summed E-state index contributed by atoms with van der Waals surface area (Å²) in [5, 5.41) is 13.9. The average molecular weight is 383 g/mol. The summed E-state index contributed by atoms with van der Waals surface area (Å²) in [5.74, 6) is -0.980. The number of carbonyl (C=O) groups is 3. The first kappa shape index (κ1) is 18.6. The Balaban J connectivity index is 1.68. The van der Waals surface area contributed by atoms with Crippen LogP contribution in [0, 0.1) is 0 Å². The molecule has 3 aromatic rings. The average Bonchev–Trinajstić information content (AvgIpc) is 3.03. The number of H-pyrrole nitrogens is 1. The number of aromatic nitrogens is 3. The highest BCUT2D eigenvalue weighted by Crippen LogP contribution is 2.17. The summed E-state index contributed by atoms with van der Waals surface area (Å²) in [7, 11) is 0. The number of aromatic amines is 1. The second-order valence-electron chi connectivity index (χ2n) is 5.78. The number of carbonyl (C=O) groups excluding carboxylic acids is 3. The lowest BCUT2D eigenvalue weighted by Gasteiger charge is -2.10. The molecule has 2 aromatic heterocycles. The number of nitrogens with zero attached hydrogens (tertiary/aromatic N) is 2. The zero-order valence-electron chi connectivity index (χ0n) is 14.6. The van der Waals surface area contributed by atoms with Crippen molar-refractivity contribution in [1.29, 1.82) is 0 Å². The highest BCUT2D eigenvalue weighted by atomic mass is 16.2. The van der Waals surface area contributed by atoms with Crippen molar-refractivity contribution in [3.63, 3.8) is 0 Å². The standard InChI is InChI=1S/C17H17N7O4/c18-13(25)6-7-19-16(27)21-11-4-1-3-10(9-11)20-15(26)12-5-2-8-24-14(12)22-23-17(24)28/h1-5,8-9H,6-7H2,(H2,18,25)(H,20,26)(H,23,28)(H2,19,21,27). The first-order valence-corrected chi connectivity index (χ1v) is 8.24. The largest absolute Gasteiger partial charge is 0.370 e. The van der Waals surface area contributed by atoms with Gasteiger partial charge in [-0.25, -0.2) is 19.1 Å². The maximum absolute atomic E-state index is 12.6. The van der Waals surface area contributed by atoms with Gasteiger partial charge < -0.3 is 21.7 Å². The Morgan fingerprint density at radius 2 is 1.86 bits per heavy atom. The Bertz CT molecular complexity index is 1100. The van der Waals surface area contributed by atoms with Crippen molar-refractivity contribution in [2.75, 3.05) is 17.2 Å². The summed E-state index contributed by atoms with van der Waals surface area (Å²) < 4.78 is 1.23. The Morgan fingerprint density at radius 3 is 2.61 bits per heavy atom. The van der Waals surface area contributed by atoms with Gasteiger partial charge in [0.1, 0.15) is 0 Å². The second-order valence-corrected chi connectivity index (χ2v) is 5.78. The molecule has 11 nitrogen and oxygen atoms in total. The number of nitrogens with two attached hydrogens (primary N) is 1. The van der Waals surface area contributed by atoms with E-state index < -0.39 is 23.5 Å². The third kappa shape index (κ3) is 4.33. The molecule has 28 heavy (non-hydrogen) atoms. The van der Waals surface area contributed by atoms with Gasteiger partial charge in [-0.15, -0.1) is 0 Å². The molecule has 0 aliphatic heterocycles. The van der Waals surface area contributed by atoms with Crippen LogP contribution in [0.3, 0.4) is 0 Å². The monoisotopic (exact) mass is 383 g/mol. The zero-order chi connectivity index (χ0) is 20.1. The van der Waals surface area contributed by atoms with Crippen LogP contribution >= 0.6 is 0 Å². The zero-order valence-corrected chi connectivity index (χ0v) is 14.6. The summed E-state index contributed by atoms with van der Waals surface area (Å²) in [6.07, 6.45) is 1.53. The van der Waals surface area contributed by atoms with Crippen LogP contribution in [0.15, 0.2) is 47.4 Å². The van der Waals surface area contributed by atoms with Gasteiger partial charge in [-0.1, -0.05) is 6.07 Å². The van der Waals surface area contributed by atoms with Crippen LogP contribution in [0.4, 0.5) is 16.2 Å². The van der Waals surface area contributed by atoms with Gasteiger partial charge in [-0.2, -0.15) is 5.10 Å². The van der Waals surface area contributed by atoms with Crippen LogP contribution in [0.2, 0.25) is 0 Å². The molecule has 0 bridgehead atoms. The highest BCUT2D eigenvalue weighted by Gasteiger charge is 2.14. The van der Waals surface area contributed by atoms with E-state index in [0.717, 1.165) is 0 Å². The molecule has 4 amide bonds. The molecule has 1 aromatic carbocycles. The molecule has 0 radical (unpaired) electrons. The van der Waals surface area contributed by atoms with Crippen LogP contribution in [0.1, 0.15) is 16.8 Å². The van der Waals surface area contributed by atoms with Gasteiger partial charge in [0, 0.05) is 30.5 Å². The van der Waals surface area contributed by atoms with Crippen molar-refractivity contribution in [3.8, 4) is 0 Å². The lowest BCUT2D eigenvalue weighted by Crippen LogP contribution is -2.31. The molecule has 11 heteroatoms. The molecule has 3 rings (SSSR count). The van der Waals surface area contributed by atoms with Crippen LogP contribution in [0.25, 0.3) is 5.65 Å². The number of pyridine rings is 1. The van der Waals surface area contributed by atoms with E-state index in [1.807, 2.05) is 0 Å². The first-order valence-electron chi connectivity index (χ1n) is 8.24. The van der Waals surface area contributed by atoms with E-state index >= 15 is 0 Å². The van der Waals surface area contributed by atoms with E-state index in [4.69, 9.17) is 5.73 Å². The topological polar surface area (TPSA) is 163 Å². The van der Waals surface area contributed by atoms with E-state index in [0.29, 0.717) is 11.4 Å². The molecule has 0 fully saturated rings. The fourth-order valence-electron chi connectivity index (χ4n) is 2.46. The molecule has 0 unspecified atom stereocenters. The molecule has 0 spiro atoms. The third-order valence-electron chi connectivity index (χ3n) is 3.72. The van der Waals surface area contributed by atoms with Crippen molar-refractivity contribution >= 4 is 34.9 Å². The molecule has 0 saturated heterocycles. The summed E-state index contributed by atoms with van der Waals surface area (Å²) in [5.41, 5.74) is 5.84. The molecule has 0 aliphatic carbocycles. The number of primary amides is 1. The molecule has 0 aliphatic rings. The van der Waals surface area contributed by atoms with Gasteiger partial charge in [-0.3, -0.25) is 9.59 Å². The minimum Gasteiger partial charge on any atom is -0.370 e. The SMILES string of the molecule is NC(=O)CCNC(=O)Nc1cccc(NC(=O)c2cccn3c(=O)[nH]nc23)c1. The number of rotatable bonds is 6. The summed E-state index contributed by atoms with van der Waals surface area (Å²) in [4.78, 5) is 46.6. The summed E-state index contributed by atoms with van der Waals surface area (Å²) in [6, 6.07) is 9.08. The normalized spacial score (nSPS) is 10.4. The molecule has 6 N–H and O–H groups in total. The molecular formula is C17H17N7O4. The van der Waals surface area contributed by atoms with Crippen LogP contribution < -0.4 is 27.4 Å². The van der Waals surface area contributed by atoms with Crippen LogP contribution in [-0.2, 0) is 4.79 Å². The number of fused-ring (bicyclic) bond motifs is 1. The minimum absolute atomic E-state index is 0.0331. The third-order valence-corrected chi connectivity index (χ3v) is 3.72. The molecule has 144 valence electrons. The maximum Gasteiger partial charge on any atom is 0.347 e. The van der Waals surface area contributed by atoms with Crippen molar-refractivity contribution in [2.24, 2.45) is 5.73 Å². The Morgan fingerprint density at radius 1 is 1.11 bits per heavy atom. The number of amides is 4. The molecule has 2 heterocycles. The van der Waals surface area contributed by atoms with Gasteiger partial charge in [-0.05, 0) is 30.3 Å². The number of hydrogen-bond acceptors (Lipinski definition) is 5. The van der Waals surface area contributed by atoms with Gasteiger partial charge in [0.15, 0.2) is 5.65 Å². The predicted octanol–water partition coefficient (Wildman–Crippen LogP) is 0.272. The van der Waals surface area contributed by atoms with Crippen LogP contribution in [-0.4, -0.2) is 39.0 Å². The Kier molecular flexibility index (Phi) is 5.35. The number of urea groups is 1. The highest BCUT2D eigenvalue weighted by molar-refractivity contribution is 6.08. The van der Waals surface area contributed by atoms with E-state index in [9.17, 15) is 19.2 Å². The second kappa shape index (κ2) is 8.03.